The first-order chi connectivity index (χ1) is 9.61. The quantitative estimate of drug-likeness (QED) is 0.736. The van der Waals surface area contributed by atoms with Crippen LogP contribution in [0.15, 0.2) is 4.79 Å². The van der Waals surface area contributed by atoms with Crippen LogP contribution in [0.1, 0.15) is 11.6 Å². The zero-order valence-electron chi connectivity index (χ0n) is 11.6. The largest absolute Gasteiger partial charge is 0.343 e. The molecule has 20 heavy (non-hydrogen) atoms. The number of anilines is 1. The van der Waals surface area contributed by atoms with E-state index in [4.69, 9.17) is 0 Å². The molecule has 0 unspecified atom stereocenters. The summed E-state index contributed by atoms with van der Waals surface area (Å²) in [7, 11) is 1.64. The summed E-state index contributed by atoms with van der Waals surface area (Å²) in [5.74, 6) is 2.29. The number of aromatic amines is 2. The predicted octanol–water partition coefficient (Wildman–Crippen LogP) is -1.14. The van der Waals surface area contributed by atoms with Crippen molar-refractivity contribution in [1.29, 1.82) is 0 Å². The summed E-state index contributed by atoms with van der Waals surface area (Å²) in [5.41, 5.74) is -0.171. The van der Waals surface area contributed by atoms with Crippen molar-refractivity contribution >= 4 is 5.95 Å². The van der Waals surface area contributed by atoms with Crippen LogP contribution in [0.4, 0.5) is 5.95 Å². The molecule has 2 N–H and O–H groups in total. The Hall–Kier alpha value is -2.16. The van der Waals surface area contributed by atoms with Crippen LogP contribution < -0.4 is 10.6 Å². The maximum Gasteiger partial charge on any atom is 0.343 e. The number of aromatic nitrogens is 6. The average Bonchev–Trinajstić information content (AvgIpc) is 2.98. The highest BCUT2D eigenvalue weighted by Crippen LogP contribution is 2.11. The Balaban J connectivity index is 1.57. The van der Waals surface area contributed by atoms with Gasteiger partial charge in [-0.2, -0.15) is 10.1 Å². The van der Waals surface area contributed by atoms with Crippen molar-refractivity contribution in [2.45, 2.75) is 13.5 Å². The molecule has 0 bridgehead atoms. The Morgan fingerprint density at radius 3 is 2.55 bits per heavy atom. The van der Waals surface area contributed by atoms with E-state index in [9.17, 15) is 4.79 Å². The Bertz CT molecular complexity index is 633. The van der Waals surface area contributed by atoms with Gasteiger partial charge in [-0.1, -0.05) is 0 Å². The van der Waals surface area contributed by atoms with E-state index in [0.29, 0.717) is 12.4 Å². The monoisotopic (exact) mass is 278 g/mol. The average molecular weight is 278 g/mol. The van der Waals surface area contributed by atoms with Gasteiger partial charge in [-0.15, -0.1) is 5.10 Å². The van der Waals surface area contributed by atoms with Crippen molar-refractivity contribution < 1.29 is 0 Å². The van der Waals surface area contributed by atoms with Gasteiger partial charge in [-0.25, -0.2) is 9.48 Å². The van der Waals surface area contributed by atoms with Gasteiger partial charge in [0.25, 0.3) is 0 Å². The maximum absolute atomic E-state index is 11.3. The summed E-state index contributed by atoms with van der Waals surface area (Å²) in [5, 5.41) is 11.2. The minimum Gasteiger partial charge on any atom is -0.337 e. The molecule has 0 amide bonds. The second kappa shape index (κ2) is 5.08. The number of hydrogen-bond acceptors (Lipinski definition) is 6. The van der Waals surface area contributed by atoms with Crippen LogP contribution in [-0.2, 0) is 13.6 Å². The molecule has 1 aliphatic heterocycles. The first-order valence-electron chi connectivity index (χ1n) is 6.60. The van der Waals surface area contributed by atoms with Gasteiger partial charge in [0.05, 0.1) is 6.54 Å². The van der Waals surface area contributed by atoms with Crippen LogP contribution in [0.3, 0.4) is 0 Å². The second-order valence-corrected chi connectivity index (χ2v) is 4.98. The van der Waals surface area contributed by atoms with Crippen LogP contribution in [0, 0.1) is 6.92 Å². The third-order valence-electron chi connectivity index (χ3n) is 3.43. The molecule has 108 valence electrons. The van der Waals surface area contributed by atoms with Crippen LogP contribution >= 0.6 is 0 Å². The molecule has 1 saturated heterocycles. The van der Waals surface area contributed by atoms with Crippen LogP contribution in [0.2, 0.25) is 0 Å². The minimum atomic E-state index is -0.171. The maximum atomic E-state index is 11.3. The van der Waals surface area contributed by atoms with E-state index in [1.807, 2.05) is 6.92 Å². The molecule has 0 radical (unpaired) electrons. The molecule has 9 heteroatoms. The summed E-state index contributed by atoms with van der Waals surface area (Å²) < 4.78 is 1.32. The number of nitrogens with zero attached hydrogens (tertiary/aromatic N) is 6. The molecular weight excluding hydrogens is 260 g/mol. The van der Waals surface area contributed by atoms with Crippen molar-refractivity contribution in [1.82, 2.24) is 34.8 Å². The topological polar surface area (TPSA) is 98.7 Å². The number of hydrogen-bond donors (Lipinski definition) is 2. The lowest BCUT2D eigenvalue weighted by atomic mass is 10.3. The molecule has 3 heterocycles. The van der Waals surface area contributed by atoms with Gasteiger partial charge in [0.1, 0.15) is 11.6 Å². The van der Waals surface area contributed by atoms with E-state index < -0.39 is 0 Å². The summed E-state index contributed by atoms with van der Waals surface area (Å²) in [6, 6.07) is 0. The van der Waals surface area contributed by atoms with Gasteiger partial charge in [0.2, 0.25) is 5.95 Å². The van der Waals surface area contributed by atoms with E-state index >= 15 is 0 Å². The second-order valence-electron chi connectivity index (χ2n) is 4.98. The lowest BCUT2D eigenvalue weighted by Gasteiger charge is -2.33. The fourth-order valence-corrected chi connectivity index (χ4v) is 2.32. The first-order valence-corrected chi connectivity index (χ1v) is 6.60. The van der Waals surface area contributed by atoms with Crippen LogP contribution in [-0.4, -0.2) is 61.0 Å². The molecular formula is C11H18N8O. The van der Waals surface area contributed by atoms with Crippen LogP contribution in [0.25, 0.3) is 0 Å². The normalized spacial score (nSPS) is 16.8. The first kappa shape index (κ1) is 12.9. The van der Waals surface area contributed by atoms with Gasteiger partial charge >= 0.3 is 5.69 Å². The number of aryl methyl sites for hydroxylation is 2. The van der Waals surface area contributed by atoms with E-state index in [1.165, 1.54) is 4.68 Å². The fourth-order valence-electron chi connectivity index (χ4n) is 2.32. The van der Waals surface area contributed by atoms with E-state index in [2.05, 4.69) is 35.1 Å². The molecule has 1 aliphatic rings. The van der Waals surface area contributed by atoms with Crippen LogP contribution in [0.5, 0.6) is 0 Å². The predicted molar refractivity (Wildman–Crippen MR) is 72.4 cm³/mol. The Morgan fingerprint density at radius 2 is 2.00 bits per heavy atom. The van der Waals surface area contributed by atoms with Crippen molar-refractivity contribution in [2.75, 3.05) is 31.1 Å². The smallest absolute Gasteiger partial charge is 0.337 e. The summed E-state index contributed by atoms with van der Waals surface area (Å²) in [4.78, 5) is 22.8. The number of nitrogens with one attached hydrogen (secondary N) is 2. The molecule has 0 atom stereocenters. The lowest BCUT2D eigenvalue weighted by molar-refractivity contribution is 0.243. The zero-order valence-corrected chi connectivity index (χ0v) is 11.6. The molecule has 9 nitrogen and oxygen atoms in total. The van der Waals surface area contributed by atoms with Crippen molar-refractivity contribution in [2.24, 2.45) is 7.05 Å². The van der Waals surface area contributed by atoms with Gasteiger partial charge in [0.15, 0.2) is 0 Å². The molecule has 1 fully saturated rings. The third kappa shape index (κ3) is 2.57. The van der Waals surface area contributed by atoms with Gasteiger partial charge in [-0.3, -0.25) is 15.0 Å². The molecule has 2 aromatic rings. The van der Waals surface area contributed by atoms with Crippen molar-refractivity contribution in [3.05, 3.63) is 22.1 Å². The van der Waals surface area contributed by atoms with E-state index in [0.717, 1.165) is 38.0 Å². The molecule has 0 aliphatic carbocycles. The molecule has 3 rings (SSSR count). The highest BCUT2D eigenvalue weighted by Gasteiger charge is 2.20. The lowest BCUT2D eigenvalue weighted by Crippen LogP contribution is -2.46. The summed E-state index contributed by atoms with van der Waals surface area (Å²) in [6.07, 6.45) is 0. The third-order valence-corrected chi connectivity index (χ3v) is 3.43. The number of piperazine rings is 1. The summed E-state index contributed by atoms with van der Waals surface area (Å²) >= 11 is 0. The Labute approximate surface area is 115 Å². The SMILES string of the molecule is Cc1nc(N2CCN(Cc3nn(C)c(=O)[nH]3)CC2)n[nH]1. The molecule has 0 saturated carbocycles. The number of H-pyrrole nitrogens is 2. The Morgan fingerprint density at radius 1 is 1.25 bits per heavy atom. The van der Waals surface area contributed by atoms with Gasteiger partial charge in [-0.05, 0) is 6.92 Å². The highest BCUT2D eigenvalue weighted by molar-refractivity contribution is 5.29. The molecule has 2 aromatic heterocycles. The Kier molecular flexibility index (Phi) is 3.26. The van der Waals surface area contributed by atoms with Gasteiger partial charge in [0, 0.05) is 33.2 Å². The fraction of sp³-hybridized carbons (Fsp3) is 0.636. The van der Waals surface area contributed by atoms with E-state index in [1.54, 1.807) is 7.05 Å². The summed E-state index contributed by atoms with van der Waals surface area (Å²) in [6.45, 7) is 6.09. The molecule has 0 aromatic carbocycles. The molecule has 0 spiro atoms. The highest BCUT2D eigenvalue weighted by atomic mass is 16.1. The van der Waals surface area contributed by atoms with Gasteiger partial charge < -0.3 is 4.90 Å². The number of rotatable bonds is 3. The zero-order chi connectivity index (χ0) is 14.1. The van der Waals surface area contributed by atoms with E-state index in [-0.39, 0.29) is 5.69 Å². The van der Waals surface area contributed by atoms with Crippen molar-refractivity contribution in [3.63, 3.8) is 0 Å². The minimum absolute atomic E-state index is 0.171. The standard InChI is InChI=1S/C11H18N8O/c1-8-12-10(15-14-8)19-5-3-18(4-6-19)7-9-13-11(20)17(2)16-9/h3-7H2,1-2H3,(H,12,14,15)(H,13,16,20). The van der Waals surface area contributed by atoms with Crippen molar-refractivity contribution in [3.8, 4) is 0 Å².